The lowest BCUT2D eigenvalue weighted by molar-refractivity contribution is -0.120. The fourth-order valence-electron chi connectivity index (χ4n) is 3.44. The maximum absolute atomic E-state index is 13.5. The fraction of sp³-hybridized carbons (Fsp3) is 0.130. The molecule has 36 heavy (non-hydrogen) atoms. The molecule has 13 heteroatoms. The van der Waals surface area contributed by atoms with Crippen LogP contribution in [-0.4, -0.2) is 39.0 Å². The summed E-state index contributed by atoms with van der Waals surface area (Å²) in [6.45, 7) is -0.726. The van der Waals surface area contributed by atoms with Gasteiger partial charge in [0.15, 0.2) is 17.5 Å². The Morgan fingerprint density at radius 3 is 2.42 bits per heavy atom. The number of pyridine rings is 1. The lowest BCUT2D eigenvalue weighted by atomic mass is 10.2. The Labute approximate surface area is 199 Å². The molecule has 5 N–H and O–H groups in total. The molecule has 0 aliphatic rings. The Kier molecular flexibility index (Phi) is 6.63. The van der Waals surface area contributed by atoms with Crippen molar-refractivity contribution in [2.24, 2.45) is 5.73 Å². The molecule has 0 spiro atoms. The SMILES string of the molecule is NC(=O)C(COc1ccc2[nH]c(=O)[nH]c2c1)NC(=O)c1cccn(Cc2cc(F)c(F)c(F)c2)c1=O. The standard InChI is InChI=1S/C23H18F3N5O5/c24-14-6-11(7-15(25)19(14)26)9-31-5-1-2-13(22(31)34)21(33)28-18(20(27)32)10-36-12-3-4-16-17(8-12)30-23(35)29-16/h1-8,18H,9-10H2,(H2,27,32)(H,28,33)(H2,29,30,35). The van der Waals surface area contributed by atoms with Crippen molar-refractivity contribution in [3.63, 3.8) is 0 Å². The summed E-state index contributed by atoms with van der Waals surface area (Å²) in [6, 6.07) is 7.28. The first-order valence-electron chi connectivity index (χ1n) is 10.4. The van der Waals surface area contributed by atoms with Gasteiger partial charge in [0.05, 0.1) is 17.6 Å². The van der Waals surface area contributed by atoms with Crippen molar-refractivity contribution >= 4 is 22.8 Å². The van der Waals surface area contributed by atoms with Gasteiger partial charge in [-0.05, 0) is 42.0 Å². The van der Waals surface area contributed by atoms with Gasteiger partial charge < -0.3 is 30.3 Å². The molecule has 0 fully saturated rings. The zero-order chi connectivity index (χ0) is 26.0. The first-order chi connectivity index (χ1) is 17.1. The number of H-pyrrole nitrogens is 2. The van der Waals surface area contributed by atoms with Crippen molar-refractivity contribution in [3.8, 4) is 5.75 Å². The van der Waals surface area contributed by atoms with Gasteiger partial charge in [0.1, 0.15) is 24.0 Å². The van der Waals surface area contributed by atoms with E-state index in [9.17, 15) is 32.3 Å². The minimum Gasteiger partial charge on any atom is -0.491 e. The lowest BCUT2D eigenvalue weighted by Gasteiger charge is -2.17. The van der Waals surface area contributed by atoms with E-state index >= 15 is 0 Å². The molecule has 2 aromatic carbocycles. The van der Waals surface area contributed by atoms with Gasteiger partial charge in [-0.2, -0.15) is 0 Å². The smallest absolute Gasteiger partial charge is 0.323 e. The quantitative estimate of drug-likeness (QED) is 0.267. The average Bonchev–Trinajstić information content (AvgIpc) is 3.20. The predicted molar refractivity (Wildman–Crippen MR) is 121 cm³/mol. The van der Waals surface area contributed by atoms with Gasteiger partial charge in [-0.25, -0.2) is 18.0 Å². The highest BCUT2D eigenvalue weighted by atomic mass is 19.2. The van der Waals surface area contributed by atoms with Gasteiger partial charge in [0.25, 0.3) is 11.5 Å². The number of nitrogens with zero attached hydrogens (tertiary/aromatic N) is 1. The molecular weight excluding hydrogens is 483 g/mol. The second-order valence-electron chi connectivity index (χ2n) is 7.75. The third-order valence-electron chi connectivity index (χ3n) is 5.21. The lowest BCUT2D eigenvalue weighted by Crippen LogP contribution is -2.49. The van der Waals surface area contributed by atoms with Crippen LogP contribution in [0.5, 0.6) is 5.75 Å². The van der Waals surface area contributed by atoms with Gasteiger partial charge in [-0.3, -0.25) is 14.4 Å². The minimum atomic E-state index is -1.64. The largest absolute Gasteiger partial charge is 0.491 e. The maximum atomic E-state index is 13.5. The fourth-order valence-corrected chi connectivity index (χ4v) is 3.44. The number of halogens is 3. The number of ether oxygens (including phenoxy) is 1. The summed E-state index contributed by atoms with van der Waals surface area (Å²) >= 11 is 0. The van der Waals surface area contributed by atoms with Crippen LogP contribution in [0.15, 0.2) is 58.3 Å². The van der Waals surface area contributed by atoms with Crippen LogP contribution in [0.1, 0.15) is 15.9 Å². The van der Waals surface area contributed by atoms with Gasteiger partial charge in [0, 0.05) is 12.3 Å². The number of benzene rings is 2. The number of carbonyl (C=O) groups is 2. The van der Waals surface area contributed by atoms with E-state index in [0.29, 0.717) is 11.0 Å². The number of nitrogens with one attached hydrogen (secondary N) is 3. The molecule has 4 rings (SSSR count). The molecule has 2 amide bonds. The van der Waals surface area contributed by atoms with Gasteiger partial charge >= 0.3 is 5.69 Å². The zero-order valence-electron chi connectivity index (χ0n) is 18.3. The molecule has 2 heterocycles. The number of amides is 2. The molecule has 0 radical (unpaired) electrons. The third kappa shape index (κ3) is 5.14. The minimum absolute atomic E-state index is 0.0461. The summed E-state index contributed by atoms with van der Waals surface area (Å²) in [4.78, 5) is 53.9. The highest BCUT2D eigenvalue weighted by Crippen LogP contribution is 2.17. The summed E-state index contributed by atoms with van der Waals surface area (Å²) in [5.41, 5.74) is 4.70. The van der Waals surface area contributed by atoms with Crippen LogP contribution in [0.2, 0.25) is 0 Å². The number of hydrogen-bond acceptors (Lipinski definition) is 5. The van der Waals surface area contributed by atoms with E-state index in [-0.39, 0.29) is 30.0 Å². The van der Waals surface area contributed by atoms with Crippen molar-refractivity contribution in [3.05, 3.63) is 98.1 Å². The molecule has 4 aromatic rings. The molecule has 10 nitrogen and oxygen atoms in total. The van der Waals surface area contributed by atoms with Crippen LogP contribution in [0.3, 0.4) is 0 Å². The Balaban J connectivity index is 1.48. The first kappa shape index (κ1) is 24.3. The van der Waals surface area contributed by atoms with Crippen LogP contribution < -0.4 is 27.0 Å². The summed E-state index contributed by atoms with van der Waals surface area (Å²) in [7, 11) is 0. The Hall–Kier alpha value is -4.81. The van der Waals surface area contributed by atoms with Crippen molar-refractivity contribution in [2.45, 2.75) is 12.6 Å². The highest BCUT2D eigenvalue weighted by molar-refractivity contribution is 5.97. The second-order valence-corrected chi connectivity index (χ2v) is 7.75. The molecule has 1 unspecified atom stereocenters. The predicted octanol–water partition coefficient (Wildman–Crippen LogP) is 1.15. The van der Waals surface area contributed by atoms with Gasteiger partial charge in [-0.15, -0.1) is 0 Å². The monoisotopic (exact) mass is 501 g/mol. The number of nitrogens with two attached hydrogens (primary N) is 1. The molecule has 2 aromatic heterocycles. The number of primary amides is 1. The molecule has 0 aliphatic heterocycles. The van der Waals surface area contributed by atoms with E-state index in [0.717, 1.165) is 16.7 Å². The molecule has 0 saturated carbocycles. The zero-order valence-corrected chi connectivity index (χ0v) is 18.3. The topological polar surface area (TPSA) is 152 Å². The van der Waals surface area contributed by atoms with Gasteiger partial charge in [0.2, 0.25) is 5.91 Å². The summed E-state index contributed by atoms with van der Waals surface area (Å²) in [5, 5.41) is 2.32. The summed E-state index contributed by atoms with van der Waals surface area (Å²) in [6.07, 6.45) is 1.27. The number of imidazole rings is 1. The normalized spacial score (nSPS) is 11.9. The molecule has 0 saturated heterocycles. The number of aromatic amines is 2. The molecular formula is C23H18F3N5O5. The van der Waals surface area contributed by atoms with Crippen molar-refractivity contribution in [1.29, 1.82) is 0 Å². The van der Waals surface area contributed by atoms with Crippen LogP contribution in [0.4, 0.5) is 13.2 Å². The van der Waals surface area contributed by atoms with E-state index in [2.05, 4.69) is 15.3 Å². The highest BCUT2D eigenvalue weighted by Gasteiger charge is 2.22. The van der Waals surface area contributed by atoms with E-state index in [1.165, 1.54) is 30.5 Å². The van der Waals surface area contributed by atoms with E-state index < -0.39 is 46.6 Å². The Morgan fingerprint density at radius 1 is 1.03 bits per heavy atom. The van der Waals surface area contributed by atoms with Gasteiger partial charge in [-0.1, -0.05) is 0 Å². The molecule has 0 bridgehead atoms. The van der Waals surface area contributed by atoms with E-state index in [4.69, 9.17) is 10.5 Å². The van der Waals surface area contributed by atoms with E-state index in [1.54, 1.807) is 6.07 Å². The maximum Gasteiger partial charge on any atom is 0.323 e. The average molecular weight is 501 g/mol. The van der Waals surface area contributed by atoms with Crippen molar-refractivity contribution in [2.75, 3.05) is 6.61 Å². The van der Waals surface area contributed by atoms with Crippen LogP contribution in [0.25, 0.3) is 11.0 Å². The van der Waals surface area contributed by atoms with Crippen LogP contribution in [-0.2, 0) is 11.3 Å². The second kappa shape index (κ2) is 9.82. The van der Waals surface area contributed by atoms with Crippen molar-refractivity contribution < 1.29 is 27.5 Å². The molecule has 0 aliphatic carbocycles. The summed E-state index contributed by atoms with van der Waals surface area (Å²) < 4.78 is 46.7. The van der Waals surface area contributed by atoms with Crippen LogP contribution in [0, 0.1) is 17.5 Å². The summed E-state index contributed by atoms with van der Waals surface area (Å²) in [5.74, 6) is -6.08. The number of fused-ring (bicyclic) bond motifs is 1. The number of hydrogen-bond donors (Lipinski definition) is 4. The molecule has 1 atom stereocenters. The number of carbonyl (C=O) groups excluding carboxylic acids is 2. The molecule has 186 valence electrons. The number of aromatic nitrogens is 3. The third-order valence-corrected chi connectivity index (χ3v) is 5.21. The Bertz CT molecular complexity index is 1570. The van der Waals surface area contributed by atoms with E-state index in [1.807, 2.05) is 0 Å². The number of rotatable bonds is 8. The van der Waals surface area contributed by atoms with Crippen molar-refractivity contribution in [1.82, 2.24) is 19.9 Å². The first-order valence-corrected chi connectivity index (χ1v) is 10.4. The van der Waals surface area contributed by atoms with Crippen LogP contribution >= 0.6 is 0 Å². The Morgan fingerprint density at radius 2 is 1.72 bits per heavy atom.